The van der Waals surface area contributed by atoms with Crippen LogP contribution in [0.3, 0.4) is 0 Å². The molecule has 33 heavy (non-hydrogen) atoms. The van der Waals surface area contributed by atoms with Crippen molar-refractivity contribution in [3.8, 4) is 5.75 Å². The standard InChI is InChI=1S/C20H18F2IN5O5/c21-8-2-1-3-13-15(8)11(5-30-13)24-17-9(22)4-10-18(26-17)27-19(25-10)33-14-7-31-16-12(28-29)6-32-20(14,16)23/h1-4,11-12,14,16,18,24,26H,5-7H2,(H,25,27)/t11-,12+,14+,16+,18?,20+/m0/s1. The summed E-state index contributed by atoms with van der Waals surface area (Å²) in [6.45, 7) is 0.525. The van der Waals surface area contributed by atoms with E-state index in [0.29, 0.717) is 17.0 Å². The Morgan fingerprint density at radius 2 is 2.18 bits per heavy atom. The van der Waals surface area contributed by atoms with E-state index in [1.165, 1.54) is 12.1 Å². The number of alkyl halides is 1. The largest absolute Gasteiger partial charge is 0.491 e. The van der Waals surface area contributed by atoms with Crippen molar-refractivity contribution < 1.29 is 27.7 Å². The van der Waals surface area contributed by atoms with Gasteiger partial charge in [-0.3, -0.25) is 0 Å². The summed E-state index contributed by atoms with van der Waals surface area (Å²) in [5.74, 6) is -0.474. The number of nitrogens with zero attached hydrogens (tertiary/aromatic N) is 2. The highest BCUT2D eigenvalue weighted by molar-refractivity contribution is 14.1. The molecule has 5 aliphatic rings. The van der Waals surface area contributed by atoms with Gasteiger partial charge in [0.05, 0.1) is 30.5 Å². The highest BCUT2D eigenvalue weighted by atomic mass is 127. The van der Waals surface area contributed by atoms with Crippen molar-refractivity contribution in [2.24, 2.45) is 10.2 Å². The number of fused-ring (bicyclic) bond motifs is 3. The zero-order chi connectivity index (χ0) is 22.7. The lowest BCUT2D eigenvalue weighted by Gasteiger charge is -2.26. The smallest absolute Gasteiger partial charge is 0.292 e. The second-order valence-electron chi connectivity index (χ2n) is 8.13. The molecular formula is C20H18F2IN5O5. The van der Waals surface area contributed by atoms with Crippen molar-refractivity contribution in [1.29, 1.82) is 0 Å². The third-order valence-electron chi connectivity index (χ3n) is 6.15. The van der Waals surface area contributed by atoms with Crippen LogP contribution < -0.4 is 20.7 Å². The fraction of sp³-hybridized carbons (Fsp3) is 0.450. The molecule has 174 valence electrons. The Kier molecular flexibility index (Phi) is 4.95. The summed E-state index contributed by atoms with van der Waals surface area (Å²) in [6, 6.07) is 3.60. The Bertz CT molecular complexity index is 1120. The van der Waals surface area contributed by atoms with Crippen LogP contribution in [0.25, 0.3) is 0 Å². The zero-order valence-electron chi connectivity index (χ0n) is 16.9. The number of benzene rings is 1. The molecule has 5 aliphatic heterocycles. The van der Waals surface area contributed by atoms with Crippen molar-refractivity contribution in [3.05, 3.63) is 57.9 Å². The first-order valence-electron chi connectivity index (χ1n) is 10.3. The summed E-state index contributed by atoms with van der Waals surface area (Å²) in [5, 5.41) is 12.0. The van der Waals surface area contributed by atoms with E-state index >= 15 is 0 Å². The number of dihydropyridines is 1. The summed E-state index contributed by atoms with van der Waals surface area (Å²) in [4.78, 5) is 15.4. The molecule has 1 unspecified atom stereocenters. The molecule has 10 nitrogen and oxygen atoms in total. The summed E-state index contributed by atoms with van der Waals surface area (Å²) >= 11 is 2.08. The molecular weight excluding hydrogens is 555 g/mol. The molecule has 0 spiro atoms. The average Bonchev–Trinajstić information content (AvgIpc) is 3.53. The molecule has 1 aromatic carbocycles. The lowest BCUT2D eigenvalue weighted by Crippen LogP contribution is -2.44. The summed E-state index contributed by atoms with van der Waals surface area (Å²) in [5.41, 5.74) is 0.814. The molecule has 6 atom stereocenters. The van der Waals surface area contributed by atoms with Crippen LogP contribution in [0.5, 0.6) is 5.75 Å². The quantitative estimate of drug-likeness (QED) is 0.284. The fourth-order valence-electron chi connectivity index (χ4n) is 4.53. The van der Waals surface area contributed by atoms with Crippen LogP contribution in [0.1, 0.15) is 11.6 Å². The van der Waals surface area contributed by atoms with E-state index in [4.69, 9.17) is 18.9 Å². The van der Waals surface area contributed by atoms with Gasteiger partial charge in [-0.2, -0.15) is 4.91 Å². The van der Waals surface area contributed by atoms with Gasteiger partial charge >= 0.3 is 0 Å². The van der Waals surface area contributed by atoms with Crippen LogP contribution in [0, 0.1) is 10.7 Å². The average molecular weight is 573 g/mol. The second-order valence-corrected chi connectivity index (χ2v) is 9.82. The molecule has 0 aromatic heterocycles. The highest BCUT2D eigenvalue weighted by Crippen LogP contribution is 2.45. The predicted octanol–water partition coefficient (Wildman–Crippen LogP) is 1.84. The molecule has 1 aromatic rings. The second kappa shape index (κ2) is 7.77. The topological polar surface area (TPSA) is 115 Å². The first kappa shape index (κ1) is 21.0. The first-order chi connectivity index (χ1) is 16.0. The number of aliphatic imine (C=N–C) groups is 1. The van der Waals surface area contributed by atoms with Crippen LogP contribution in [-0.2, 0) is 14.2 Å². The zero-order valence-corrected chi connectivity index (χ0v) is 19.0. The van der Waals surface area contributed by atoms with Gasteiger partial charge in [0.25, 0.3) is 6.02 Å². The molecule has 6 rings (SSSR count). The van der Waals surface area contributed by atoms with Crippen molar-refractivity contribution in [3.63, 3.8) is 0 Å². The Morgan fingerprint density at radius 3 is 3.03 bits per heavy atom. The van der Waals surface area contributed by atoms with Gasteiger partial charge in [0, 0.05) is 6.08 Å². The molecule has 0 saturated carbocycles. The predicted molar refractivity (Wildman–Crippen MR) is 118 cm³/mol. The van der Waals surface area contributed by atoms with E-state index in [1.54, 1.807) is 12.1 Å². The number of allylic oxidation sites excluding steroid dienone is 2. The van der Waals surface area contributed by atoms with Gasteiger partial charge in [0.15, 0.2) is 21.7 Å². The fourth-order valence-corrected chi connectivity index (χ4v) is 5.61. The van der Waals surface area contributed by atoms with Gasteiger partial charge in [0.1, 0.15) is 36.1 Å². The molecule has 2 fully saturated rings. The van der Waals surface area contributed by atoms with Gasteiger partial charge in [-0.15, -0.1) is 0 Å². The SMILES string of the molecule is O=N[C@@H]1CO[C@@]2(I)[C@@H]1OC[C@H]2OC1=NC2NC(N[C@H]3COc4cccc(F)c43)=C(F)C=C2N1. The van der Waals surface area contributed by atoms with E-state index < -0.39 is 45.7 Å². The van der Waals surface area contributed by atoms with Gasteiger partial charge in [0.2, 0.25) is 0 Å². The Labute approximate surface area is 199 Å². The third kappa shape index (κ3) is 3.35. The Balaban J connectivity index is 1.15. The van der Waals surface area contributed by atoms with E-state index in [2.05, 4.69) is 48.7 Å². The summed E-state index contributed by atoms with van der Waals surface area (Å²) < 4.78 is 51.1. The maximum atomic E-state index is 14.8. The molecule has 0 aliphatic carbocycles. The van der Waals surface area contributed by atoms with E-state index in [1.807, 2.05) is 0 Å². The maximum absolute atomic E-state index is 14.8. The molecule has 2 saturated heterocycles. The van der Waals surface area contributed by atoms with Crippen molar-refractivity contribution in [2.75, 3.05) is 19.8 Å². The number of ether oxygens (including phenoxy) is 4. The van der Waals surface area contributed by atoms with Gasteiger partial charge < -0.3 is 34.9 Å². The van der Waals surface area contributed by atoms with Gasteiger partial charge in [-0.05, 0) is 34.7 Å². The molecule has 0 amide bonds. The van der Waals surface area contributed by atoms with E-state index in [-0.39, 0.29) is 31.7 Å². The van der Waals surface area contributed by atoms with Gasteiger partial charge in [-0.25, -0.2) is 13.8 Å². The minimum atomic E-state index is -0.869. The number of nitrogens with one attached hydrogen (secondary N) is 3. The van der Waals surface area contributed by atoms with E-state index in [0.717, 1.165) is 0 Å². The summed E-state index contributed by atoms with van der Waals surface area (Å²) in [6.07, 6.45) is -0.365. The number of amidine groups is 1. The monoisotopic (exact) mass is 573 g/mol. The van der Waals surface area contributed by atoms with Crippen LogP contribution >= 0.6 is 22.6 Å². The third-order valence-corrected chi connectivity index (χ3v) is 7.77. The molecule has 3 N–H and O–H groups in total. The Morgan fingerprint density at radius 1 is 1.30 bits per heavy atom. The summed E-state index contributed by atoms with van der Waals surface area (Å²) in [7, 11) is 0. The van der Waals surface area contributed by atoms with Gasteiger partial charge in [-0.1, -0.05) is 11.2 Å². The molecule has 0 radical (unpaired) electrons. The highest BCUT2D eigenvalue weighted by Gasteiger charge is 2.61. The lowest BCUT2D eigenvalue weighted by molar-refractivity contribution is 0.0106. The van der Waals surface area contributed by atoms with Crippen LogP contribution in [-0.4, -0.2) is 53.9 Å². The minimum absolute atomic E-state index is 0.0777. The number of halogens is 3. The van der Waals surface area contributed by atoms with Crippen molar-refractivity contribution >= 4 is 28.6 Å². The number of hydrogen-bond acceptors (Lipinski definition) is 10. The molecule has 0 bridgehead atoms. The first-order valence-corrected chi connectivity index (χ1v) is 11.4. The molecule has 13 heteroatoms. The Hall–Kier alpha value is -2.52. The number of nitroso groups, excluding NO2 is 1. The van der Waals surface area contributed by atoms with Crippen molar-refractivity contribution in [1.82, 2.24) is 16.0 Å². The van der Waals surface area contributed by atoms with Crippen LogP contribution in [0.4, 0.5) is 8.78 Å². The van der Waals surface area contributed by atoms with E-state index in [9.17, 15) is 13.7 Å². The maximum Gasteiger partial charge on any atom is 0.292 e. The number of rotatable bonds is 4. The minimum Gasteiger partial charge on any atom is -0.491 e. The molecule has 5 heterocycles. The van der Waals surface area contributed by atoms with Crippen LogP contribution in [0.2, 0.25) is 0 Å². The van der Waals surface area contributed by atoms with Crippen LogP contribution in [0.15, 0.2) is 51.8 Å². The lowest BCUT2D eigenvalue weighted by atomic mass is 10.1. The number of hydrogen-bond donors (Lipinski definition) is 3. The normalized spacial score (nSPS) is 36.0. The van der Waals surface area contributed by atoms with Crippen molar-refractivity contribution in [2.45, 2.75) is 34.1 Å².